The van der Waals surface area contributed by atoms with Crippen LogP contribution in [0.25, 0.3) is 0 Å². The van der Waals surface area contributed by atoms with E-state index in [1.807, 2.05) is 0 Å². The number of ketones is 1. The van der Waals surface area contributed by atoms with Crippen molar-refractivity contribution in [3.63, 3.8) is 0 Å². The fourth-order valence-electron chi connectivity index (χ4n) is 3.05. The quantitative estimate of drug-likeness (QED) is 0.339. The van der Waals surface area contributed by atoms with Crippen molar-refractivity contribution >= 4 is 50.0 Å². The Morgan fingerprint density at radius 1 is 0.794 bits per heavy atom. The number of Topliss-reactive ketones (excluding diaryl/α,β-unsaturated/α-hetero) is 1. The third kappa shape index (κ3) is 7.96. The van der Waals surface area contributed by atoms with Crippen LogP contribution in [0, 0.1) is 0 Å². The first-order valence-electron chi connectivity index (χ1n) is 9.86. The Morgan fingerprint density at radius 3 is 1.62 bits per heavy atom. The molecule has 0 aliphatic heterocycles. The highest BCUT2D eigenvalue weighted by atomic mass is 32.2. The third-order valence-electron chi connectivity index (χ3n) is 4.56. The summed E-state index contributed by atoms with van der Waals surface area (Å²) in [5, 5.41) is -2.02. The van der Waals surface area contributed by atoms with Gasteiger partial charge in [0, 0.05) is 18.3 Å². The molecule has 0 saturated heterocycles. The Bertz CT molecular complexity index is 1220. The van der Waals surface area contributed by atoms with Crippen molar-refractivity contribution in [2.24, 2.45) is 0 Å². The number of hydrogen-bond donors (Lipinski definition) is 1. The fourth-order valence-corrected chi connectivity index (χ4v) is 5.54. The molecule has 0 heterocycles. The molecule has 0 amide bonds. The molecular formula is C22H24O9S3. The lowest BCUT2D eigenvalue weighted by Gasteiger charge is -2.27. The second kappa shape index (κ2) is 11.6. The Hall–Kier alpha value is -2.70. The minimum absolute atomic E-state index is 0.0333. The monoisotopic (exact) mass is 528 g/mol. The molecule has 184 valence electrons. The fraction of sp³-hybridized carbons (Fsp3) is 0.318. The van der Waals surface area contributed by atoms with Crippen molar-refractivity contribution in [1.82, 2.24) is 0 Å². The average molecular weight is 529 g/mol. The van der Waals surface area contributed by atoms with Gasteiger partial charge in [0.25, 0.3) is 0 Å². The zero-order chi connectivity index (χ0) is 25.5. The number of carbonyl (C=O) groups excluding carboxylic acids is 3. The highest BCUT2D eigenvalue weighted by Crippen LogP contribution is 2.19. The van der Waals surface area contributed by atoms with E-state index in [2.05, 4.69) is 12.6 Å². The smallest absolute Gasteiger partial charge is 0.338 e. The molecule has 0 aromatic heterocycles. The van der Waals surface area contributed by atoms with E-state index in [0.717, 1.165) is 12.5 Å². The summed E-state index contributed by atoms with van der Waals surface area (Å²) in [7, 11) is -8.16. The maximum atomic E-state index is 13.3. The number of carbonyl (C=O) groups is 3. The predicted molar refractivity (Wildman–Crippen MR) is 128 cm³/mol. The first-order valence-corrected chi connectivity index (χ1v) is 14.5. The van der Waals surface area contributed by atoms with Crippen LogP contribution in [0.5, 0.6) is 0 Å². The van der Waals surface area contributed by atoms with Crippen LogP contribution in [-0.4, -0.2) is 76.0 Å². The van der Waals surface area contributed by atoms with Crippen molar-refractivity contribution in [3.8, 4) is 0 Å². The molecule has 0 spiro atoms. The molecule has 0 bridgehead atoms. The normalized spacial score (nSPS) is 14.4. The molecule has 2 aromatic carbocycles. The molecule has 0 fully saturated rings. The van der Waals surface area contributed by atoms with Crippen LogP contribution in [0.15, 0.2) is 60.7 Å². The van der Waals surface area contributed by atoms with Gasteiger partial charge in [-0.05, 0) is 24.3 Å². The van der Waals surface area contributed by atoms with Crippen LogP contribution >= 0.6 is 12.6 Å². The van der Waals surface area contributed by atoms with Crippen LogP contribution in [0.2, 0.25) is 0 Å². The summed E-state index contributed by atoms with van der Waals surface area (Å²) < 4.78 is 59.4. The highest BCUT2D eigenvalue weighted by Gasteiger charge is 2.44. The molecule has 2 aromatic rings. The summed E-state index contributed by atoms with van der Waals surface area (Å²) in [6.45, 7) is 0. The lowest BCUT2D eigenvalue weighted by atomic mass is 10.1. The SMILES string of the molecule is CS(=O)(=O)CC(OC(=O)c1ccccc1)C(=O)C(C(CS)OC(=O)c1ccccc1)S(C)(=O)=O. The van der Waals surface area contributed by atoms with Gasteiger partial charge >= 0.3 is 11.9 Å². The van der Waals surface area contributed by atoms with Crippen molar-refractivity contribution in [1.29, 1.82) is 0 Å². The molecule has 0 N–H and O–H groups in total. The van der Waals surface area contributed by atoms with Crippen molar-refractivity contribution in [2.45, 2.75) is 17.5 Å². The van der Waals surface area contributed by atoms with Gasteiger partial charge in [0.1, 0.15) is 6.10 Å². The second-order valence-corrected chi connectivity index (χ2v) is 12.2. The van der Waals surface area contributed by atoms with E-state index in [1.54, 1.807) is 24.3 Å². The number of thiol groups is 1. The van der Waals surface area contributed by atoms with E-state index in [0.29, 0.717) is 0 Å². The Labute approximate surface area is 203 Å². The van der Waals surface area contributed by atoms with Gasteiger partial charge in [0.05, 0.1) is 16.9 Å². The van der Waals surface area contributed by atoms with Crippen LogP contribution in [0.3, 0.4) is 0 Å². The minimum atomic E-state index is -4.27. The average Bonchev–Trinajstić information content (AvgIpc) is 2.77. The maximum Gasteiger partial charge on any atom is 0.338 e. The molecule has 0 saturated carbocycles. The highest BCUT2D eigenvalue weighted by molar-refractivity contribution is 7.92. The van der Waals surface area contributed by atoms with Gasteiger partial charge in [-0.25, -0.2) is 26.4 Å². The maximum absolute atomic E-state index is 13.3. The van der Waals surface area contributed by atoms with E-state index in [9.17, 15) is 31.2 Å². The Balaban J connectivity index is 2.40. The van der Waals surface area contributed by atoms with Gasteiger partial charge in [-0.2, -0.15) is 12.6 Å². The summed E-state index contributed by atoms with van der Waals surface area (Å²) in [5.74, 6) is -4.49. The molecule has 2 rings (SSSR count). The number of hydrogen-bond acceptors (Lipinski definition) is 10. The van der Waals surface area contributed by atoms with Crippen LogP contribution < -0.4 is 0 Å². The van der Waals surface area contributed by atoms with Gasteiger partial charge in [-0.3, -0.25) is 4.79 Å². The molecule has 0 radical (unpaired) electrons. The van der Waals surface area contributed by atoms with Crippen molar-refractivity contribution < 1.29 is 40.7 Å². The topological polar surface area (TPSA) is 138 Å². The Morgan fingerprint density at radius 2 is 1.24 bits per heavy atom. The van der Waals surface area contributed by atoms with E-state index in [-0.39, 0.29) is 16.9 Å². The summed E-state index contributed by atoms with van der Waals surface area (Å²) >= 11 is 4.03. The first-order chi connectivity index (χ1) is 15.8. The van der Waals surface area contributed by atoms with Crippen LogP contribution in [-0.2, 0) is 33.9 Å². The summed E-state index contributed by atoms with van der Waals surface area (Å²) in [6.07, 6.45) is -1.99. The molecular weight excluding hydrogens is 504 g/mol. The molecule has 0 aliphatic carbocycles. The summed E-state index contributed by atoms with van der Waals surface area (Å²) in [5.41, 5.74) is 0.142. The van der Waals surface area contributed by atoms with Gasteiger partial charge in [-0.1, -0.05) is 36.4 Å². The van der Waals surface area contributed by atoms with Gasteiger partial charge < -0.3 is 9.47 Å². The van der Waals surface area contributed by atoms with Gasteiger partial charge in [-0.15, -0.1) is 0 Å². The van der Waals surface area contributed by atoms with E-state index >= 15 is 0 Å². The molecule has 3 atom stereocenters. The minimum Gasteiger partial charge on any atom is -0.456 e. The van der Waals surface area contributed by atoms with E-state index in [1.165, 1.54) is 36.4 Å². The number of sulfone groups is 2. The largest absolute Gasteiger partial charge is 0.456 e. The van der Waals surface area contributed by atoms with Crippen LogP contribution in [0.4, 0.5) is 0 Å². The molecule has 3 unspecified atom stereocenters. The molecule has 0 aliphatic rings. The zero-order valence-corrected chi connectivity index (χ0v) is 20.9. The lowest BCUT2D eigenvalue weighted by Crippen LogP contribution is -2.50. The summed E-state index contributed by atoms with van der Waals surface area (Å²) in [6, 6.07) is 15.1. The van der Waals surface area contributed by atoms with Gasteiger partial charge in [0.2, 0.25) is 0 Å². The first kappa shape index (κ1) is 27.5. The Kier molecular flexibility index (Phi) is 9.42. The van der Waals surface area contributed by atoms with Crippen LogP contribution in [0.1, 0.15) is 20.7 Å². The number of esters is 2. The predicted octanol–water partition coefficient (Wildman–Crippen LogP) is 1.39. The van der Waals surface area contributed by atoms with E-state index in [4.69, 9.17) is 9.47 Å². The lowest BCUT2D eigenvalue weighted by molar-refractivity contribution is -0.128. The molecule has 9 nitrogen and oxygen atoms in total. The zero-order valence-electron chi connectivity index (χ0n) is 18.4. The summed E-state index contributed by atoms with van der Waals surface area (Å²) in [4.78, 5) is 38.3. The molecule has 12 heteroatoms. The van der Waals surface area contributed by atoms with Gasteiger partial charge in [0.15, 0.2) is 36.8 Å². The van der Waals surface area contributed by atoms with Crippen molar-refractivity contribution in [3.05, 3.63) is 71.8 Å². The standard InChI is InChI=1S/C22H24O9S3/c1-33(26,27)14-18(31-22(25)16-11-7-4-8-12-16)19(23)20(34(2,28)29)17(13-32)30-21(24)15-9-5-3-6-10-15/h3-12,17-18,20,32H,13-14H2,1-2H3. The molecule has 34 heavy (non-hydrogen) atoms. The third-order valence-corrected chi connectivity index (χ3v) is 7.28. The second-order valence-electron chi connectivity index (χ2n) is 7.50. The van der Waals surface area contributed by atoms with E-state index < -0.39 is 60.6 Å². The number of rotatable bonds is 11. The van der Waals surface area contributed by atoms with Crippen molar-refractivity contribution in [2.75, 3.05) is 24.0 Å². The number of benzene rings is 2. The number of ether oxygens (including phenoxy) is 2.